The minimum Gasteiger partial charge on any atom is -0.376 e. The smallest absolute Gasteiger partial charge is 0.141 e. The lowest BCUT2D eigenvalue weighted by Gasteiger charge is -2.32. The summed E-state index contributed by atoms with van der Waals surface area (Å²) in [4.78, 5) is 0. The van der Waals surface area contributed by atoms with Crippen LogP contribution in [0.5, 0.6) is 0 Å². The molecule has 0 amide bonds. The van der Waals surface area contributed by atoms with E-state index in [0.717, 1.165) is 43.4 Å². The average Bonchev–Trinajstić information content (AvgIpc) is 2.93. The van der Waals surface area contributed by atoms with Crippen LogP contribution in [0, 0.1) is 0 Å². The van der Waals surface area contributed by atoms with E-state index in [4.69, 9.17) is 0 Å². The van der Waals surface area contributed by atoms with E-state index in [9.17, 15) is 5.11 Å². The summed E-state index contributed by atoms with van der Waals surface area (Å²) in [7, 11) is 0. The predicted octanol–water partition coefficient (Wildman–Crippen LogP) is 9.36. The molecule has 5 rings (SSSR count). The molecule has 0 saturated heterocycles. The van der Waals surface area contributed by atoms with Crippen molar-refractivity contribution in [2.45, 2.75) is 31.8 Å². The standard InChI is InChI=1S/C35H31BrO/c1-34(2,3)26-20-18-25(19-21-26)30-16-10-11-17-31(30)32-23-22-29(36)24-33(32)35(37,27-12-6-4-7-13-27)28-14-8-5-9-15-28/h4-24,37H,1-3H3. The number of halogens is 1. The zero-order valence-corrected chi connectivity index (χ0v) is 23.0. The van der Waals surface area contributed by atoms with Crippen LogP contribution in [0.25, 0.3) is 22.3 Å². The quantitative estimate of drug-likeness (QED) is 0.217. The summed E-state index contributed by atoms with van der Waals surface area (Å²) in [5, 5.41) is 12.7. The van der Waals surface area contributed by atoms with Gasteiger partial charge in [-0.1, -0.05) is 152 Å². The molecule has 0 spiro atoms. The van der Waals surface area contributed by atoms with E-state index in [1.165, 1.54) is 5.56 Å². The highest BCUT2D eigenvalue weighted by Gasteiger charge is 2.36. The van der Waals surface area contributed by atoms with E-state index < -0.39 is 5.60 Å². The molecule has 2 heteroatoms. The number of aliphatic hydroxyl groups is 1. The molecule has 0 bridgehead atoms. The average molecular weight is 548 g/mol. The highest BCUT2D eigenvalue weighted by Crippen LogP contribution is 2.44. The summed E-state index contributed by atoms with van der Waals surface area (Å²) in [5.74, 6) is 0. The Morgan fingerprint density at radius 2 is 1.03 bits per heavy atom. The van der Waals surface area contributed by atoms with Gasteiger partial charge < -0.3 is 5.11 Å². The normalized spacial score (nSPS) is 11.9. The lowest BCUT2D eigenvalue weighted by atomic mass is 9.76. The maximum Gasteiger partial charge on any atom is 0.141 e. The van der Waals surface area contributed by atoms with Crippen molar-refractivity contribution in [1.82, 2.24) is 0 Å². The number of hydrogen-bond donors (Lipinski definition) is 1. The molecule has 0 fully saturated rings. The maximum absolute atomic E-state index is 12.7. The molecule has 37 heavy (non-hydrogen) atoms. The molecule has 5 aromatic rings. The molecule has 0 aliphatic rings. The van der Waals surface area contributed by atoms with Gasteiger partial charge in [-0.05, 0) is 56.5 Å². The number of hydrogen-bond acceptors (Lipinski definition) is 1. The Hall–Kier alpha value is -3.46. The second kappa shape index (κ2) is 10.1. The van der Waals surface area contributed by atoms with Gasteiger partial charge in [-0.3, -0.25) is 0 Å². The van der Waals surface area contributed by atoms with Gasteiger partial charge in [0.15, 0.2) is 0 Å². The highest BCUT2D eigenvalue weighted by molar-refractivity contribution is 9.10. The van der Waals surface area contributed by atoms with Crippen LogP contribution >= 0.6 is 15.9 Å². The van der Waals surface area contributed by atoms with E-state index in [1.807, 2.05) is 60.7 Å². The van der Waals surface area contributed by atoms with Crippen molar-refractivity contribution in [3.8, 4) is 22.3 Å². The van der Waals surface area contributed by atoms with Gasteiger partial charge in [0.25, 0.3) is 0 Å². The minimum absolute atomic E-state index is 0.0960. The molecular formula is C35H31BrO. The van der Waals surface area contributed by atoms with Crippen LogP contribution in [0.3, 0.4) is 0 Å². The number of benzene rings is 5. The Bertz CT molecular complexity index is 1460. The van der Waals surface area contributed by atoms with E-state index in [0.29, 0.717) is 0 Å². The Kier molecular flexibility index (Phi) is 6.90. The molecule has 0 unspecified atom stereocenters. The Morgan fingerprint density at radius 1 is 0.514 bits per heavy atom. The van der Waals surface area contributed by atoms with Crippen LogP contribution in [-0.4, -0.2) is 5.11 Å². The first-order valence-electron chi connectivity index (χ1n) is 12.6. The molecule has 0 aliphatic carbocycles. The molecule has 5 aromatic carbocycles. The molecule has 184 valence electrons. The fourth-order valence-electron chi connectivity index (χ4n) is 5.01. The number of rotatable bonds is 5. The van der Waals surface area contributed by atoms with Crippen LogP contribution in [-0.2, 0) is 11.0 Å². The SMILES string of the molecule is CC(C)(C)c1ccc(-c2ccccc2-c2ccc(Br)cc2C(O)(c2ccccc2)c2ccccc2)cc1. The molecule has 0 heterocycles. The first-order chi connectivity index (χ1) is 17.8. The lowest BCUT2D eigenvalue weighted by molar-refractivity contribution is 0.126. The van der Waals surface area contributed by atoms with Crippen LogP contribution < -0.4 is 0 Å². The topological polar surface area (TPSA) is 20.2 Å². The Morgan fingerprint density at radius 3 is 1.57 bits per heavy atom. The van der Waals surface area contributed by atoms with Crippen molar-refractivity contribution in [3.63, 3.8) is 0 Å². The van der Waals surface area contributed by atoms with Gasteiger partial charge in [0.2, 0.25) is 0 Å². The van der Waals surface area contributed by atoms with Crippen LogP contribution in [0.4, 0.5) is 0 Å². The van der Waals surface area contributed by atoms with Gasteiger partial charge in [0, 0.05) is 10.0 Å². The summed E-state index contributed by atoms with van der Waals surface area (Å²) in [6, 6.07) is 43.4. The molecule has 1 N–H and O–H groups in total. The fourth-order valence-corrected chi connectivity index (χ4v) is 5.37. The molecule has 0 aromatic heterocycles. The molecule has 0 radical (unpaired) electrons. The largest absolute Gasteiger partial charge is 0.376 e. The second-order valence-electron chi connectivity index (χ2n) is 10.5. The minimum atomic E-state index is -1.34. The summed E-state index contributed by atoms with van der Waals surface area (Å²) in [5.41, 5.74) is 6.91. The maximum atomic E-state index is 12.7. The van der Waals surface area contributed by atoms with Crippen molar-refractivity contribution in [1.29, 1.82) is 0 Å². The Labute approximate surface area is 228 Å². The molecule has 0 aliphatic heterocycles. The van der Waals surface area contributed by atoms with Crippen molar-refractivity contribution in [3.05, 3.63) is 154 Å². The van der Waals surface area contributed by atoms with E-state index in [2.05, 4.69) is 103 Å². The third kappa shape index (κ3) is 4.92. The summed E-state index contributed by atoms with van der Waals surface area (Å²) in [6.07, 6.45) is 0. The van der Waals surface area contributed by atoms with Gasteiger partial charge in [-0.2, -0.15) is 0 Å². The monoisotopic (exact) mass is 546 g/mol. The van der Waals surface area contributed by atoms with Gasteiger partial charge in [0.05, 0.1) is 0 Å². The lowest BCUT2D eigenvalue weighted by Crippen LogP contribution is -2.29. The van der Waals surface area contributed by atoms with Gasteiger partial charge in [-0.25, -0.2) is 0 Å². The van der Waals surface area contributed by atoms with Crippen LogP contribution in [0.1, 0.15) is 43.0 Å². The van der Waals surface area contributed by atoms with E-state index >= 15 is 0 Å². The highest BCUT2D eigenvalue weighted by atomic mass is 79.9. The zero-order valence-electron chi connectivity index (χ0n) is 21.4. The third-order valence-electron chi connectivity index (χ3n) is 7.03. The van der Waals surface area contributed by atoms with E-state index in [-0.39, 0.29) is 5.41 Å². The molecule has 1 nitrogen and oxygen atoms in total. The van der Waals surface area contributed by atoms with Crippen molar-refractivity contribution in [2.75, 3.05) is 0 Å². The zero-order chi connectivity index (χ0) is 26.0. The van der Waals surface area contributed by atoms with Gasteiger partial charge in [-0.15, -0.1) is 0 Å². The summed E-state index contributed by atoms with van der Waals surface area (Å²) >= 11 is 3.69. The molecular weight excluding hydrogens is 516 g/mol. The first-order valence-corrected chi connectivity index (χ1v) is 13.4. The van der Waals surface area contributed by atoms with Crippen molar-refractivity contribution < 1.29 is 5.11 Å². The second-order valence-corrected chi connectivity index (χ2v) is 11.4. The Balaban J connectivity index is 1.75. The first kappa shape index (κ1) is 25.2. The van der Waals surface area contributed by atoms with Crippen LogP contribution in [0.15, 0.2) is 132 Å². The fraction of sp³-hybridized carbons (Fsp3) is 0.143. The summed E-state index contributed by atoms with van der Waals surface area (Å²) < 4.78 is 0.920. The van der Waals surface area contributed by atoms with Gasteiger partial charge >= 0.3 is 0 Å². The van der Waals surface area contributed by atoms with Gasteiger partial charge in [0.1, 0.15) is 5.60 Å². The van der Waals surface area contributed by atoms with Crippen LogP contribution in [0.2, 0.25) is 0 Å². The third-order valence-corrected chi connectivity index (χ3v) is 7.53. The molecule has 0 atom stereocenters. The summed E-state index contributed by atoms with van der Waals surface area (Å²) in [6.45, 7) is 6.70. The predicted molar refractivity (Wildman–Crippen MR) is 159 cm³/mol. The van der Waals surface area contributed by atoms with E-state index in [1.54, 1.807) is 0 Å². The van der Waals surface area contributed by atoms with Crippen molar-refractivity contribution >= 4 is 15.9 Å². The van der Waals surface area contributed by atoms with Crippen molar-refractivity contribution in [2.24, 2.45) is 0 Å². The molecule has 0 saturated carbocycles.